The lowest BCUT2D eigenvalue weighted by Gasteiger charge is -2.45. The van der Waals surface area contributed by atoms with Gasteiger partial charge in [-0.2, -0.15) is 17.0 Å². The molecule has 1 aromatic carbocycles. The van der Waals surface area contributed by atoms with Gasteiger partial charge in [0.05, 0.1) is 39.6 Å². The molecule has 8 nitrogen and oxygen atoms in total. The maximum absolute atomic E-state index is 13.0. The zero-order valence-corrected chi connectivity index (χ0v) is 17.3. The molecule has 9 heteroatoms. The highest BCUT2D eigenvalue weighted by atomic mass is 32.2. The minimum absolute atomic E-state index is 0.417. The van der Waals surface area contributed by atoms with Crippen LogP contribution in [0.15, 0.2) is 12.1 Å². The molecule has 1 aromatic rings. The Morgan fingerprint density at radius 2 is 1.54 bits per heavy atom. The first-order valence-electron chi connectivity index (χ1n) is 9.72. The van der Waals surface area contributed by atoms with Crippen LogP contribution in [0.3, 0.4) is 0 Å². The smallest absolute Gasteiger partial charge is 0.282 e. The number of morpholine rings is 1. The predicted molar refractivity (Wildman–Crippen MR) is 103 cm³/mol. The summed E-state index contributed by atoms with van der Waals surface area (Å²) >= 11 is 0. The van der Waals surface area contributed by atoms with Crippen molar-refractivity contribution in [2.24, 2.45) is 0 Å². The van der Waals surface area contributed by atoms with Crippen LogP contribution in [0.1, 0.15) is 24.0 Å². The SMILES string of the molecule is COc1cc2c(cc1OC)C1(CCN(S(=O)(=O)N3CCOCC3)CC1)OCC2. The van der Waals surface area contributed by atoms with E-state index in [9.17, 15) is 8.42 Å². The minimum atomic E-state index is -3.45. The van der Waals surface area contributed by atoms with Crippen LogP contribution in [0.5, 0.6) is 11.5 Å². The van der Waals surface area contributed by atoms with E-state index in [1.807, 2.05) is 12.1 Å². The molecule has 156 valence electrons. The van der Waals surface area contributed by atoms with Gasteiger partial charge in [0.15, 0.2) is 11.5 Å². The third kappa shape index (κ3) is 3.39. The first kappa shape index (κ1) is 19.9. The Labute approximate surface area is 166 Å². The fourth-order valence-corrected chi connectivity index (χ4v) is 6.00. The highest BCUT2D eigenvalue weighted by molar-refractivity contribution is 7.86. The van der Waals surface area contributed by atoms with Crippen LogP contribution in [0.4, 0.5) is 0 Å². The lowest BCUT2D eigenvalue weighted by atomic mass is 9.79. The van der Waals surface area contributed by atoms with Gasteiger partial charge in [-0.1, -0.05) is 0 Å². The average Bonchev–Trinajstić information content (AvgIpc) is 2.74. The molecule has 0 unspecified atom stereocenters. The predicted octanol–water partition coefficient (Wildman–Crippen LogP) is 1.14. The van der Waals surface area contributed by atoms with Crippen LogP contribution in [-0.4, -0.2) is 77.2 Å². The van der Waals surface area contributed by atoms with Crippen molar-refractivity contribution in [1.82, 2.24) is 8.61 Å². The number of ether oxygens (including phenoxy) is 4. The van der Waals surface area contributed by atoms with Crippen molar-refractivity contribution < 1.29 is 27.4 Å². The van der Waals surface area contributed by atoms with Crippen LogP contribution in [0.2, 0.25) is 0 Å². The summed E-state index contributed by atoms with van der Waals surface area (Å²) in [5.41, 5.74) is 1.82. The molecule has 0 bridgehead atoms. The second-order valence-electron chi connectivity index (χ2n) is 7.38. The number of benzene rings is 1. The van der Waals surface area contributed by atoms with Crippen LogP contribution in [0.25, 0.3) is 0 Å². The van der Waals surface area contributed by atoms with Gasteiger partial charge in [0, 0.05) is 26.2 Å². The maximum atomic E-state index is 13.0. The molecular formula is C19H28N2O6S. The maximum Gasteiger partial charge on any atom is 0.282 e. The molecule has 3 aliphatic heterocycles. The molecule has 4 rings (SSSR count). The third-order valence-corrected chi connectivity index (χ3v) is 8.04. The van der Waals surface area contributed by atoms with Crippen molar-refractivity contribution >= 4 is 10.2 Å². The monoisotopic (exact) mass is 412 g/mol. The lowest BCUT2D eigenvalue weighted by Crippen LogP contribution is -2.54. The fourth-order valence-electron chi connectivity index (χ4n) is 4.42. The normalized spacial score (nSPS) is 23.4. The second-order valence-corrected chi connectivity index (χ2v) is 9.30. The Morgan fingerprint density at radius 1 is 0.929 bits per heavy atom. The fraction of sp³-hybridized carbons (Fsp3) is 0.684. The first-order valence-corrected chi connectivity index (χ1v) is 11.1. The lowest BCUT2D eigenvalue weighted by molar-refractivity contribution is -0.0899. The van der Waals surface area contributed by atoms with Gasteiger partial charge in [-0.3, -0.25) is 0 Å². The van der Waals surface area contributed by atoms with E-state index < -0.39 is 15.8 Å². The molecule has 2 fully saturated rings. The molecule has 0 radical (unpaired) electrons. The second kappa shape index (κ2) is 7.79. The molecular weight excluding hydrogens is 384 g/mol. The van der Waals surface area contributed by atoms with E-state index in [4.69, 9.17) is 18.9 Å². The summed E-state index contributed by atoms with van der Waals surface area (Å²) < 4.78 is 51.5. The first-order chi connectivity index (χ1) is 13.5. The van der Waals surface area contributed by atoms with Crippen molar-refractivity contribution in [2.75, 3.05) is 60.2 Å². The van der Waals surface area contributed by atoms with Gasteiger partial charge in [-0.15, -0.1) is 0 Å². The van der Waals surface area contributed by atoms with E-state index in [1.165, 1.54) is 9.87 Å². The Kier molecular flexibility index (Phi) is 5.54. The van der Waals surface area contributed by atoms with Gasteiger partial charge >= 0.3 is 0 Å². The number of piperidine rings is 1. The summed E-state index contributed by atoms with van der Waals surface area (Å²) in [6.07, 6.45) is 2.06. The van der Waals surface area contributed by atoms with Gasteiger partial charge in [0.1, 0.15) is 0 Å². The molecule has 0 N–H and O–H groups in total. The number of nitrogens with zero attached hydrogens (tertiary/aromatic N) is 2. The van der Waals surface area contributed by atoms with E-state index in [2.05, 4.69) is 0 Å². The van der Waals surface area contributed by atoms with E-state index >= 15 is 0 Å². The van der Waals surface area contributed by atoms with Crippen molar-refractivity contribution in [3.05, 3.63) is 23.3 Å². The molecule has 0 amide bonds. The van der Waals surface area contributed by atoms with Crippen LogP contribution in [-0.2, 0) is 31.7 Å². The largest absolute Gasteiger partial charge is 0.493 e. The number of rotatable bonds is 4. The van der Waals surface area contributed by atoms with Crippen LogP contribution >= 0.6 is 0 Å². The summed E-state index contributed by atoms with van der Waals surface area (Å²) in [6, 6.07) is 4.02. The topological polar surface area (TPSA) is 77.5 Å². The van der Waals surface area contributed by atoms with Crippen molar-refractivity contribution in [2.45, 2.75) is 24.9 Å². The molecule has 0 saturated carbocycles. The Bertz CT molecular complexity index is 814. The van der Waals surface area contributed by atoms with Crippen LogP contribution < -0.4 is 9.47 Å². The Hall–Kier alpha value is -1.39. The Balaban J connectivity index is 1.56. The van der Waals surface area contributed by atoms with E-state index in [0.717, 1.165) is 12.0 Å². The van der Waals surface area contributed by atoms with Gasteiger partial charge in [-0.25, -0.2) is 0 Å². The summed E-state index contributed by atoms with van der Waals surface area (Å²) in [6.45, 7) is 3.24. The van der Waals surface area contributed by atoms with E-state index in [0.29, 0.717) is 70.3 Å². The summed E-state index contributed by atoms with van der Waals surface area (Å²) in [5.74, 6) is 1.39. The molecule has 28 heavy (non-hydrogen) atoms. The minimum Gasteiger partial charge on any atom is -0.493 e. The number of fused-ring (bicyclic) bond motifs is 2. The molecule has 3 aliphatic rings. The third-order valence-electron chi connectivity index (χ3n) is 6.00. The van der Waals surface area contributed by atoms with E-state index in [1.54, 1.807) is 18.5 Å². The zero-order chi connectivity index (χ0) is 19.8. The summed E-state index contributed by atoms with van der Waals surface area (Å²) in [7, 11) is -0.198. The highest BCUT2D eigenvalue weighted by Gasteiger charge is 2.44. The summed E-state index contributed by atoms with van der Waals surface area (Å²) in [5, 5.41) is 0. The zero-order valence-electron chi connectivity index (χ0n) is 16.5. The molecule has 3 heterocycles. The molecule has 2 saturated heterocycles. The number of hydrogen-bond donors (Lipinski definition) is 0. The molecule has 0 atom stereocenters. The standard InChI is InChI=1S/C19H28N2O6S/c1-24-17-13-15-3-10-27-19(16(15)14-18(17)25-2)4-6-20(7-5-19)28(22,23)21-8-11-26-12-9-21/h13-14H,3-12H2,1-2H3. The number of methoxy groups -OCH3 is 2. The Morgan fingerprint density at radius 3 is 2.18 bits per heavy atom. The van der Waals surface area contributed by atoms with E-state index in [-0.39, 0.29) is 0 Å². The summed E-state index contributed by atoms with van der Waals surface area (Å²) in [4.78, 5) is 0. The highest BCUT2D eigenvalue weighted by Crippen LogP contribution is 2.45. The van der Waals surface area contributed by atoms with Gasteiger partial charge < -0.3 is 18.9 Å². The number of hydrogen-bond acceptors (Lipinski definition) is 6. The van der Waals surface area contributed by atoms with Gasteiger partial charge in [-0.05, 0) is 42.5 Å². The average molecular weight is 413 g/mol. The molecule has 0 aliphatic carbocycles. The quantitative estimate of drug-likeness (QED) is 0.738. The van der Waals surface area contributed by atoms with Gasteiger partial charge in [0.2, 0.25) is 0 Å². The molecule has 0 aromatic heterocycles. The molecule has 1 spiro atoms. The van der Waals surface area contributed by atoms with Crippen molar-refractivity contribution in [3.63, 3.8) is 0 Å². The van der Waals surface area contributed by atoms with Crippen LogP contribution in [0, 0.1) is 0 Å². The van der Waals surface area contributed by atoms with Crippen molar-refractivity contribution in [3.8, 4) is 11.5 Å². The van der Waals surface area contributed by atoms with Crippen molar-refractivity contribution in [1.29, 1.82) is 0 Å². The van der Waals surface area contributed by atoms with Gasteiger partial charge in [0.25, 0.3) is 10.2 Å².